The number of hydrogen-bond donors (Lipinski definition) is 2. The smallest absolute Gasteiger partial charge is 0.272 e. The van der Waals surface area contributed by atoms with Crippen LogP contribution in [0.2, 0.25) is 0 Å². The molecule has 1 unspecified atom stereocenters. The number of nitrogens with zero attached hydrogens (tertiary/aromatic N) is 3. The van der Waals surface area contributed by atoms with Gasteiger partial charge in [-0.1, -0.05) is 44.0 Å². The predicted molar refractivity (Wildman–Crippen MR) is 136 cm³/mol. The third kappa shape index (κ3) is 5.65. The first-order valence-corrected chi connectivity index (χ1v) is 12.1. The average molecular weight is 460 g/mol. The Hall–Kier alpha value is -3.61. The number of aryl methyl sites for hydroxylation is 1. The highest BCUT2D eigenvalue weighted by molar-refractivity contribution is 6.00. The molecule has 7 nitrogen and oxygen atoms in total. The number of para-hydroxylation sites is 1. The van der Waals surface area contributed by atoms with E-state index in [0.29, 0.717) is 12.1 Å². The van der Waals surface area contributed by atoms with Gasteiger partial charge in [0.25, 0.3) is 5.91 Å². The van der Waals surface area contributed by atoms with Gasteiger partial charge in [0.15, 0.2) is 5.69 Å². The standard InChI is InChI=1S/C27H33N5O2/c1-3-4-15-24(26(33)28-21-11-10-14-23(19-21)31-16-8-9-17-31)29-27(34)25-18-20(2)32(30-25)22-12-6-5-7-13-22/h5-7,10-14,18-19,24H,3-4,8-9,15-17H2,1-2H3,(H,28,33)(H,29,34). The molecular weight excluding hydrogens is 426 g/mol. The highest BCUT2D eigenvalue weighted by Crippen LogP contribution is 2.23. The second kappa shape index (κ2) is 11.0. The van der Waals surface area contributed by atoms with Crippen molar-refractivity contribution in [2.45, 2.75) is 52.0 Å². The van der Waals surface area contributed by atoms with Crippen LogP contribution in [-0.4, -0.2) is 40.7 Å². The van der Waals surface area contributed by atoms with E-state index in [4.69, 9.17) is 0 Å². The van der Waals surface area contributed by atoms with Crippen LogP contribution in [0, 0.1) is 6.92 Å². The molecule has 0 aliphatic carbocycles. The van der Waals surface area contributed by atoms with E-state index in [1.165, 1.54) is 12.8 Å². The van der Waals surface area contributed by atoms with E-state index in [1.807, 2.05) is 55.5 Å². The van der Waals surface area contributed by atoms with Gasteiger partial charge in [-0.2, -0.15) is 5.10 Å². The van der Waals surface area contributed by atoms with E-state index in [-0.39, 0.29) is 11.8 Å². The Balaban J connectivity index is 1.46. The first kappa shape index (κ1) is 23.5. The van der Waals surface area contributed by atoms with Crippen LogP contribution >= 0.6 is 0 Å². The Kier molecular flexibility index (Phi) is 7.62. The van der Waals surface area contributed by atoms with Crippen LogP contribution < -0.4 is 15.5 Å². The Bertz CT molecular complexity index is 1120. The number of anilines is 2. The molecule has 2 aromatic carbocycles. The summed E-state index contributed by atoms with van der Waals surface area (Å²) >= 11 is 0. The van der Waals surface area contributed by atoms with Gasteiger partial charge >= 0.3 is 0 Å². The van der Waals surface area contributed by atoms with Crippen molar-refractivity contribution in [1.29, 1.82) is 0 Å². The number of carbonyl (C=O) groups is 2. The zero-order valence-corrected chi connectivity index (χ0v) is 20.0. The fourth-order valence-electron chi connectivity index (χ4n) is 4.31. The molecule has 1 aromatic heterocycles. The van der Waals surface area contributed by atoms with Gasteiger partial charge in [-0.3, -0.25) is 9.59 Å². The molecule has 2 N–H and O–H groups in total. The molecule has 178 valence electrons. The van der Waals surface area contributed by atoms with Crippen molar-refractivity contribution in [2.24, 2.45) is 0 Å². The second-order valence-corrected chi connectivity index (χ2v) is 8.82. The molecule has 1 saturated heterocycles. The maximum absolute atomic E-state index is 13.1. The topological polar surface area (TPSA) is 79.3 Å². The Morgan fingerprint density at radius 2 is 1.74 bits per heavy atom. The summed E-state index contributed by atoms with van der Waals surface area (Å²) in [6.07, 6.45) is 4.73. The third-order valence-electron chi connectivity index (χ3n) is 6.17. The van der Waals surface area contributed by atoms with E-state index < -0.39 is 6.04 Å². The van der Waals surface area contributed by atoms with Crippen LogP contribution in [-0.2, 0) is 4.79 Å². The van der Waals surface area contributed by atoms with Gasteiger partial charge in [-0.15, -0.1) is 0 Å². The summed E-state index contributed by atoms with van der Waals surface area (Å²) in [5.74, 6) is -0.556. The average Bonchev–Trinajstić information content (AvgIpc) is 3.52. The molecule has 0 spiro atoms. The molecule has 1 atom stereocenters. The number of aromatic nitrogens is 2. The lowest BCUT2D eigenvalue weighted by Gasteiger charge is -2.20. The van der Waals surface area contributed by atoms with Crippen LogP contribution in [0.5, 0.6) is 0 Å². The summed E-state index contributed by atoms with van der Waals surface area (Å²) in [7, 11) is 0. The second-order valence-electron chi connectivity index (χ2n) is 8.82. The van der Waals surface area contributed by atoms with Crippen LogP contribution in [0.25, 0.3) is 5.69 Å². The summed E-state index contributed by atoms with van der Waals surface area (Å²) in [6.45, 7) is 6.07. The van der Waals surface area contributed by atoms with Gasteiger partial charge in [0.1, 0.15) is 6.04 Å². The number of hydrogen-bond acceptors (Lipinski definition) is 4. The first-order chi connectivity index (χ1) is 16.5. The van der Waals surface area contributed by atoms with Crippen molar-refractivity contribution in [2.75, 3.05) is 23.3 Å². The molecule has 7 heteroatoms. The van der Waals surface area contributed by atoms with E-state index in [2.05, 4.69) is 33.6 Å². The van der Waals surface area contributed by atoms with Crippen molar-refractivity contribution in [3.8, 4) is 5.69 Å². The summed E-state index contributed by atoms with van der Waals surface area (Å²) < 4.78 is 1.74. The quantitative estimate of drug-likeness (QED) is 0.486. The fourth-order valence-corrected chi connectivity index (χ4v) is 4.31. The Labute approximate surface area is 201 Å². The minimum atomic E-state index is -0.634. The van der Waals surface area contributed by atoms with E-state index in [1.54, 1.807) is 10.7 Å². The Morgan fingerprint density at radius 1 is 1.00 bits per heavy atom. The molecule has 2 heterocycles. The molecule has 3 aromatic rings. The lowest BCUT2D eigenvalue weighted by molar-refractivity contribution is -0.118. The molecule has 0 bridgehead atoms. The van der Waals surface area contributed by atoms with Gasteiger partial charge in [-0.05, 0) is 62.6 Å². The molecule has 1 aliphatic rings. The van der Waals surface area contributed by atoms with Crippen molar-refractivity contribution >= 4 is 23.2 Å². The zero-order chi connectivity index (χ0) is 23.9. The number of nitrogens with one attached hydrogen (secondary N) is 2. The minimum absolute atomic E-state index is 0.209. The highest BCUT2D eigenvalue weighted by atomic mass is 16.2. The number of carbonyl (C=O) groups excluding carboxylic acids is 2. The molecule has 34 heavy (non-hydrogen) atoms. The number of rotatable bonds is 9. The Morgan fingerprint density at radius 3 is 2.47 bits per heavy atom. The third-order valence-corrected chi connectivity index (χ3v) is 6.17. The van der Waals surface area contributed by atoms with Gasteiger partial charge < -0.3 is 15.5 Å². The van der Waals surface area contributed by atoms with Gasteiger partial charge in [0, 0.05) is 30.2 Å². The largest absolute Gasteiger partial charge is 0.371 e. The molecule has 4 rings (SSSR count). The highest BCUT2D eigenvalue weighted by Gasteiger charge is 2.23. The van der Waals surface area contributed by atoms with Crippen molar-refractivity contribution in [3.63, 3.8) is 0 Å². The summed E-state index contributed by atoms with van der Waals surface area (Å²) in [4.78, 5) is 28.5. The molecule has 2 amide bonds. The normalized spacial score (nSPS) is 14.1. The maximum atomic E-state index is 13.1. The summed E-state index contributed by atoms with van der Waals surface area (Å²) in [6, 6.07) is 18.7. The summed E-state index contributed by atoms with van der Waals surface area (Å²) in [5.41, 5.74) is 3.90. The van der Waals surface area contributed by atoms with Crippen molar-refractivity contribution in [3.05, 3.63) is 72.1 Å². The van der Waals surface area contributed by atoms with Crippen LogP contribution in [0.15, 0.2) is 60.7 Å². The van der Waals surface area contributed by atoms with E-state index in [9.17, 15) is 9.59 Å². The zero-order valence-electron chi connectivity index (χ0n) is 20.0. The molecule has 1 aliphatic heterocycles. The number of benzene rings is 2. The lowest BCUT2D eigenvalue weighted by Crippen LogP contribution is -2.44. The number of unbranched alkanes of at least 4 members (excludes halogenated alkanes) is 1. The molecule has 1 fully saturated rings. The monoisotopic (exact) mass is 459 g/mol. The summed E-state index contributed by atoms with van der Waals surface area (Å²) in [5, 5.41) is 10.4. The number of amides is 2. The maximum Gasteiger partial charge on any atom is 0.272 e. The molecule has 0 radical (unpaired) electrons. The van der Waals surface area contributed by atoms with Crippen molar-refractivity contribution < 1.29 is 9.59 Å². The van der Waals surface area contributed by atoms with Crippen LogP contribution in [0.4, 0.5) is 11.4 Å². The van der Waals surface area contributed by atoms with E-state index in [0.717, 1.165) is 48.7 Å². The van der Waals surface area contributed by atoms with Crippen LogP contribution in [0.3, 0.4) is 0 Å². The molecular formula is C27H33N5O2. The fraction of sp³-hybridized carbons (Fsp3) is 0.370. The van der Waals surface area contributed by atoms with Crippen LogP contribution in [0.1, 0.15) is 55.2 Å². The first-order valence-electron chi connectivity index (χ1n) is 12.1. The van der Waals surface area contributed by atoms with E-state index >= 15 is 0 Å². The van der Waals surface area contributed by atoms with Gasteiger partial charge in [0.05, 0.1) is 5.69 Å². The molecule has 0 saturated carbocycles. The lowest BCUT2D eigenvalue weighted by atomic mass is 10.1. The minimum Gasteiger partial charge on any atom is -0.371 e. The van der Waals surface area contributed by atoms with Crippen molar-refractivity contribution in [1.82, 2.24) is 15.1 Å². The van der Waals surface area contributed by atoms with Gasteiger partial charge in [-0.25, -0.2) is 4.68 Å². The predicted octanol–water partition coefficient (Wildman–Crippen LogP) is 4.71. The van der Waals surface area contributed by atoms with Gasteiger partial charge in [0.2, 0.25) is 5.91 Å². The SMILES string of the molecule is CCCCC(NC(=O)c1cc(C)n(-c2ccccc2)n1)C(=O)Nc1cccc(N2CCCC2)c1.